The average Bonchev–Trinajstić information content (AvgIpc) is 3.10. The lowest BCUT2D eigenvalue weighted by atomic mass is 10.1. The zero-order chi connectivity index (χ0) is 22.2. The number of para-hydroxylation sites is 1. The Morgan fingerprint density at radius 1 is 1.10 bits per heavy atom. The molecule has 10 heteroatoms. The van der Waals surface area contributed by atoms with Crippen molar-refractivity contribution in [2.75, 3.05) is 11.6 Å². The molecule has 4 aromatic rings. The van der Waals surface area contributed by atoms with Gasteiger partial charge < -0.3 is 5.32 Å². The van der Waals surface area contributed by atoms with Gasteiger partial charge in [-0.1, -0.05) is 54.1 Å². The monoisotopic (exact) mass is 462 g/mol. The molecular weight excluding hydrogens is 449 g/mol. The van der Waals surface area contributed by atoms with Gasteiger partial charge in [0, 0.05) is 10.5 Å². The van der Waals surface area contributed by atoms with Crippen LogP contribution < -0.4 is 5.32 Å². The third kappa shape index (κ3) is 4.11. The Bertz CT molecular complexity index is 1280. The highest BCUT2D eigenvalue weighted by Gasteiger charge is 2.36. The summed E-state index contributed by atoms with van der Waals surface area (Å²) in [4.78, 5) is 17.8. The molecule has 0 unspecified atom stereocenters. The van der Waals surface area contributed by atoms with Crippen molar-refractivity contribution in [3.05, 3.63) is 77.1 Å². The van der Waals surface area contributed by atoms with Gasteiger partial charge in [-0.25, -0.2) is 9.50 Å². The van der Waals surface area contributed by atoms with Crippen LogP contribution in [0.5, 0.6) is 0 Å². The van der Waals surface area contributed by atoms with Crippen LogP contribution >= 0.6 is 23.4 Å². The van der Waals surface area contributed by atoms with Gasteiger partial charge in [0.1, 0.15) is 5.02 Å². The molecule has 0 saturated carbocycles. The number of hydrogen-bond donors (Lipinski definition) is 1. The summed E-state index contributed by atoms with van der Waals surface area (Å²) >= 11 is 7.71. The number of fused-ring (bicyclic) bond motifs is 1. The number of aromatic nitrogens is 3. The maximum atomic E-state index is 13.8. The number of hydrogen-bond acceptors (Lipinski definition) is 4. The molecule has 2 aromatic heterocycles. The Balaban J connectivity index is 1.85. The van der Waals surface area contributed by atoms with Crippen LogP contribution in [0.15, 0.2) is 65.6 Å². The minimum atomic E-state index is -4.74. The van der Waals surface area contributed by atoms with E-state index in [0.717, 1.165) is 11.0 Å². The predicted octanol–water partition coefficient (Wildman–Crippen LogP) is 6.04. The fourth-order valence-corrected chi connectivity index (χ4v) is 3.82. The van der Waals surface area contributed by atoms with E-state index >= 15 is 0 Å². The van der Waals surface area contributed by atoms with Crippen LogP contribution in [0.3, 0.4) is 0 Å². The fraction of sp³-hybridized carbons (Fsp3) is 0.0952. The smallest absolute Gasteiger partial charge is 0.320 e. The molecule has 0 radical (unpaired) electrons. The standard InChI is InChI=1S/C21H14ClF3N4OS/c1-31-15-10-6-5-9-13(15)27-20(30)18-17(22)19-26-14(12-7-3-2-4-8-12)11-16(21(23,24)25)29(19)28-18/h2-11H,1H3,(H,27,30). The number of thioether (sulfide) groups is 1. The lowest BCUT2D eigenvalue weighted by molar-refractivity contribution is -0.142. The predicted molar refractivity (Wildman–Crippen MR) is 115 cm³/mol. The summed E-state index contributed by atoms with van der Waals surface area (Å²) in [5.74, 6) is -0.730. The van der Waals surface area contributed by atoms with E-state index in [0.29, 0.717) is 15.8 Å². The molecule has 1 N–H and O–H groups in total. The first-order chi connectivity index (χ1) is 14.8. The summed E-state index contributed by atoms with van der Waals surface area (Å²) in [6.45, 7) is 0. The second-order valence-electron chi connectivity index (χ2n) is 6.44. The van der Waals surface area contributed by atoms with E-state index in [4.69, 9.17) is 11.6 Å². The summed E-state index contributed by atoms with van der Waals surface area (Å²) < 4.78 is 41.9. The molecule has 4 rings (SSSR count). The molecule has 0 fully saturated rings. The molecule has 0 aliphatic heterocycles. The normalized spacial score (nSPS) is 11.6. The first-order valence-electron chi connectivity index (χ1n) is 8.96. The summed E-state index contributed by atoms with van der Waals surface area (Å²) in [6.07, 6.45) is -2.90. The number of carbonyl (C=O) groups is 1. The van der Waals surface area contributed by atoms with Crippen LogP contribution in [0.4, 0.5) is 18.9 Å². The molecule has 0 bridgehead atoms. The SMILES string of the molecule is CSc1ccccc1NC(=O)c1nn2c(C(F)(F)F)cc(-c3ccccc3)nc2c1Cl. The van der Waals surface area contributed by atoms with Gasteiger partial charge in [-0.15, -0.1) is 11.8 Å². The number of nitrogens with one attached hydrogen (secondary N) is 1. The van der Waals surface area contributed by atoms with Crippen molar-refractivity contribution in [1.29, 1.82) is 0 Å². The maximum Gasteiger partial charge on any atom is 0.433 e. The third-order valence-corrected chi connectivity index (χ3v) is 5.61. The molecule has 1 amide bonds. The van der Waals surface area contributed by atoms with Crippen LogP contribution in [0.2, 0.25) is 5.02 Å². The van der Waals surface area contributed by atoms with Gasteiger partial charge in [-0.3, -0.25) is 4.79 Å². The average molecular weight is 463 g/mol. The molecule has 2 heterocycles. The number of carbonyl (C=O) groups excluding carboxylic acids is 1. The van der Waals surface area contributed by atoms with Gasteiger partial charge in [0.05, 0.1) is 11.4 Å². The Morgan fingerprint density at radius 2 is 1.77 bits per heavy atom. The first kappa shape index (κ1) is 21.2. The van der Waals surface area contributed by atoms with E-state index in [2.05, 4.69) is 15.4 Å². The van der Waals surface area contributed by atoms with Crippen molar-refractivity contribution in [1.82, 2.24) is 14.6 Å². The molecule has 5 nitrogen and oxygen atoms in total. The van der Waals surface area contributed by atoms with E-state index < -0.39 is 17.8 Å². The lowest BCUT2D eigenvalue weighted by Gasteiger charge is -2.11. The minimum absolute atomic E-state index is 0.0712. The molecule has 0 saturated heterocycles. The van der Waals surface area contributed by atoms with Crippen molar-refractivity contribution >= 4 is 40.6 Å². The highest BCUT2D eigenvalue weighted by atomic mass is 35.5. The highest BCUT2D eigenvalue weighted by Crippen LogP contribution is 2.35. The number of benzene rings is 2. The molecule has 2 aromatic carbocycles. The fourth-order valence-electron chi connectivity index (χ4n) is 3.02. The number of halogens is 4. The number of anilines is 1. The van der Waals surface area contributed by atoms with Crippen LogP contribution in [0.1, 0.15) is 16.2 Å². The minimum Gasteiger partial charge on any atom is -0.320 e. The van der Waals surface area contributed by atoms with Crippen LogP contribution in [0, 0.1) is 0 Å². The van der Waals surface area contributed by atoms with E-state index in [1.807, 2.05) is 12.3 Å². The van der Waals surface area contributed by atoms with Gasteiger partial charge in [-0.05, 0) is 24.5 Å². The van der Waals surface area contributed by atoms with Crippen LogP contribution in [-0.4, -0.2) is 26.8 Å². The lowest BCUT2D eigenvalue weighted by Crippen LogP contribution is -2.16. The number of rotatable bonds is 4. The zero-order valence-corrected chi connectivity index (χ0v) is 17.5. The zero-order valence-electron chi connectivity index (χ0n) is 15.9. The largest absolute Gasteiger partial charge is 0.433 e. The first-order valence-corrected chi connectivity index (χ1v) is 10.6. The van der Waals surface area contributed by atoms with Gasteiger partial charge in [-0.2, -0.15) is 18.3 Å². The number of amides is 1. The van der Waals surface area contributed by atoms with Crippen LogP contribution in [0.25, 0.3) is 16.9 Å². The molecule has 31 heavy (non-hydrogen) atoms. The van der Waals surface area contributed by atoms with Crippen LogP contribution in [-0.2, 0) is 6.18 Å². The maximum absolute atomic E-state index is 13.8. The van der Waals surface area contributed by atoms with Gasteiger partial charge in [0.25, 0.3) is 5.91 Å². The Kier molecular flexibility index (Phi) is 5.63. The summed E-state index contributed by atoms with van der Waals surface area (Å²) in [7, 11) is 0. The Hall–Kier alpha value is -3.04. The number of nitrogens with zero attached hydrogens (tertiary/aromatic N) is 3. The Labute approximate surface area is 184 Å². The molecule has 0 atom stereocenters. The van der Waals surface area contributed by atoms with E-state index in [9.17, 15) is 18.0 Å². The van der Waals surface area contributed by atoms with Gasteiger partial charge in [0.15, 0.2) is 17.0 Å². The third-order valence-electron chi connectivity index (χ3n) is 4.46. The topological polar surface area (TPSA) is 59.3 Å². The van der Waals surface area contributed by atoms with E-state index in [1.54, 1.807) is 48.5 Å². The molecule has 0 spiro atoms. The second-order valence-corrected chi connectivity index (χ2v) is 7.67. The molecule has 158 valence electrons. The summed E-state index contributed by atoms with van der Waals surface area (Å²) in [5.41, 5.74) is -0.627. The number of alkyl halides is 3. The highest BCUT2D eigenvalue weighted by molar-refractivity contribution is 7.98. The quantitative estimate of drug-likeness (QED) is 0.375. The summed E-state index contributed by atoms with van der Waals surface area (Å²) in [5, 5.41) is 6.24. The van der Waals surface area contributed by atoms with Crippen molar-refractivity contribution in [2.24, 2.45) is 0 Å². The summed E-state index contributed by atoms with van der Waals surface area (Å²) in [6, 6.07) is 16.3. The van der Waals surface area contributed by atoms with Crippen molar-refractivity contribution in [3.8, 4) is 11.3 Å². The molecule has 0 aliphatic carbocycles. The van der Waals surface area contributed by atoms with Gasteiger partial charge in [0.2, 0.25) is 0 Å². The van der Waals surface area contributed by atoms with E-state index in [1.165, 1.54) is 11.8 Å². The van der Waals surface area contributed by atoms with Gasteiger partial charge >= 0.3 is 6.18 Å². The van der Waals surface area contributed by atoms with E-state index in [-0.39, 0.29) is 22.1 Å². The van der Waals surface area contributed by atoms with Crippen molar-refractivity contribution < 1.29 is 18.0 Å². The molecular formula is C21H14ClF3N4OS. The molecule has 0 aliphatic rings. The second kappa shape index (κ2) is 8.24. The van der Waals surface area contributed by atoms with Crippen molar-refractivity contribution in [3.63, 3.8) is 0 Å². The van der Waals surface area contributed by atoms with Crippen molar-refractivity contribution in [2.45, 2.75) is 11.1 Å². The Morgan fingerprint density at radius 3 is 2.45 bits per heavy atom.